The predicted octanol–water partition coefficient (Wildman–Crippen LogP) is 3.82. The monoisotopic (exact) mass is 302 g/mol. The van der Waals surface area contributed by atoms with Crippen LogP contribution in [-0.4, -0.2) is 15.2 Å². The fourth-order valence-electron chi connectivity index (χ4n) is 2.08. The van der Waals surface area contributed by atoms with Gasteiger partial charge in [-0.15, -0.1) is 10.2 Å². The standard InChI is InChI=1S/C18H14N4O/c1-12-4-3-5-15(10-12)17-20-18(13(2)21-22-17)23-16-8-6-14(11-19)7-9-16/h3-10H,1-2H3. The van der Waals surface area contributed by atoms with Crippen molar-refractivity contribution in [1.82, 2.24) is 15.2 Å². The van der Waals surface area contributed by atoms with Crippen molar-refractivity contribution in [1.29, 1.82) is 5.26 Å². The van der Waals surface area contributed by atoms with Gasteiger partial charge in [-0.25, -0.2) is 0 Å². The lowest BCUT2D eigenvalue weighted by Gasteiger charge is -2.08. The maximum absolute atomic E-state index is 8.83. The lowest BCUT2D eigenvalue weighted by atomic mass is 10.1. The van der Waals surface area contributed by atoms with Gasteiger partial charge in [0.1, 0.15) is 11.4 Å². The Hall–Kier alpha value is -3.26. The molecule has 1 aromatic heterocycles. The number of aromatic nitrogens is 3. The molecular weight excluding hydrogens is 288 g/mol. The number of nitrogens with zero attached hydrogens (tertiary/aromatic N) is 4. The van der Waals surface area contributed by atoms with Crippen LogP contribution in [0.4, 0.5) is 0 Å². The summed E-state index contributed by atoms with van der Waals surface area (Å²) in [5.74, 6) is 1.52. The smallest absolute Gasteiger partial charge is 0.244 e. The summed E-state index contributed by atoms with van der Waals surface area (Å²) in [5, 5.41) is 17.1. The molecule has 3 rings (SSSR count). The predicted molar refractivity (Wildman–Crippen MR) is 86.0 cm³/mol. The lowest BCUT2D eigenvalue weighted by Crippen LogP contribution is -2.00. The summed E-state index contributed by atoms with van der Waals surface area (Å²) in [6.45, 7) is 3.80. The van der Waals surface area contributed by atoms with Gasteiger partial charge >= 0.3 is 0 Å². The van der Waals surface area contributed by atoms with Gasteiger partial charge in [0.15, 0.2) is 5.82 Å². The average Bonchev–Trinajstić information content (AvgIpc) is 2.57. The first-order chi connectivity index (χ1) is 11.2. The van der Waals surface area contributed by atoms with Crippen LogP contribution < -0.4 is 4.74 Å². The first-order valence-electron chi connectivity index (χ1n) is 7.12. The quantitative estimate of drug-likeness (QED) is 0.735. The van der Waals surface area contributed by atoms with Gasteiger partial charge in [0.05, 0.1) is 11.6 Å². The molecule has 2 aromatic carbocycles. The second-order valence-corrected chi connectivity index (χ2v) is 5.13. The van der Waals surface area contributed by atoms with Crippen molar-refractivity contribution in [3.63, 3.8) is 0 Å². The highest BCUT2D eigenvalue weighted by atomic mass is 16.5. The fraction of sp³-hybridized carbons (Fsp3) is 0.111. The SMILES string of the molecule is Cc1cccc(-c2nnc(C)c(Oc3ccc(C#N)cc3)n2)c1. The molecule has 0 aliphatic heterocycles. The Bertz CT molecular complexity index is 882. The van der Waals surface area contributed by atoms with Gasteiger partial charge in [-0.1, -0.05) is 23.8 Å². The molecule has 0 bridgehead atoms. The fourth-order valence-corrected chi connectivity index (χ4v) is 2.08. The molecule has 0 unspecified atom stereocenters. The molecule has 0 N–H and O–H groups in total. The third-order valence-corrected chi connectivity index (χ3v) is 3.29. The van der Waals surface area contributed by atoms with Crippen molar-refractivity contribution in [2.24, 2.45) is 0 Å². The van der Waals surface area contributed by atoms with Crippen LogP contribution in [-0.2, 0) is 0 Å². The molecule has 0 fully saturated rings. The van der Waals surface area contributed by atoms with Gasteiger partial charge < -0.3 is 4.74 Å². The van der Waals surface area contributed by atoms with Crippen molar-refractivity contribution in [2.45, 2.75) is 13.8 Å². The second kappa shape index (κ2) is 6.24. The number of aryl methyl sites for hydroxylation is 2. The van der Waals surface area contributed by atoms with Crippen LogP contribution in [0.25, 0.3) is 11.4 Å². The van der Waals surface area contributed by atoms with Crippen LogP contribution >= 0.6 is 0 Å². The summed E-state index contributed by atoms with van der Waals surface area (Å²) in [7, 11) is 0. The maximum atomic E-state index is 8.83. The molecule has 1 heterocycles. The normalized spacial score (nSPS) is 10.1. The first kappa shape index (κ1) is 14.7. The van der Waals surface area contributed by atoms with Gasteiger partial charge in [0.2, 0.25) is 5.88 Å². The van der Waals surface area contributed by atoms with E-state index >= 15 is 0 Å². The molecule has 3 aromatic rings. The van der Waals surface area contributed by atoms with E-state index in [1.807, 2.05) is 31.2 Å². The number of hydrogen-bond donors (Lipinski definition) is 0. The number of benzene rings is 2. The molecule has 0 saturated heterocycles. The highest BCUT2D eigenvalue weighted by Gasteiger charge is 2.10. The minimum absolute atomic E-state index is 0.404. The van der Waals surface area contributed by atoms with Gasteiger partial charge in [-0.2, -0.15) is 10.2 Å². The van der Waals surface area contributed by atoms with Crippen LogP contribution in [0.5, 0.6) is 11.6 Å². The molecule has 0 amide bonds. The van der Waals surface area contributed by atoms with Crippen LogP contribution in [0.3, 0.4) is 0 Å². The Labute approximate surface area is 134 Å². The molecule has 5 nitrogen and oxygen atoms in total. The lowest BCUT2D eigenvalue weighted by molar-refractivity contribution is 0.452. The molecule has 0 aliphatic rings. The van der Waals surface area contributed by atoms with E-state index in [-0.39, 0.29) is 0 Å². The Kier molecular flexibility index (Phi) is 3.98. The third-order valence-electron chi connectivity index (χ3n) is 3.29. The highest BCUT2D eigenvalue weighted by Crippen LogP contribution is 2.24. The number of rotatable bonds is 3. The maximum Gasteiger partial charge on any atom is 0.244 e. The minimum atomic E-state index is 0.404. The van der Waals surface area contributed by atoms with E-state index in [1.54, 1.807) is 31.2 Å². The molecule has 5 heteroatoms. The number of nitriles is 1. The van der Waals surface area contributed by atoms with Crippen molar-refractivity contribution in [3.05, 3.63) is 65.4 Å². The van der Waals surface area contributed by atoms with Crippen molar-refractivity contribution in [2.75, 3.05) is 0 Å². The second-order valence-electron chi connectivity index (χ2n) is 5.13. The van der Waals surface area contributed by atoms with Gasteiger partial charge in [0.25, 0.3) is 0 Å². The van der Waals surface area contributed by atoms with E-state index in [9.17, 15) is 0 Å². The Balaban J connectivity index is 1.93. The minimum Gasteiger partial charge on any atom is -0.437 e. The van der Waals surface area contributed by atoms with Gasteiger partial charge in [-0.3, -0.25) is 0 Å². The Morgan fingerprint density at radius 2 is 1.78 bits per heavy atom. The summed E-state index contributed by atoms with van der Waals surface area (Å²) in [6.07, 6.45) is 0. The zero-order chi connectivity index (χ0) is 16.2. The molecule has 23 heavy (non-hydrogen) atoms. The Morgan fingerprint density at radius 1 is 1.00 bits per heavy atom. The van der Waals surface area contributed by atoms with E-state index in [4.69, 9.17) is 10.00 Å². The van der Waals surface area contributed by atoms with E-state index in [0.717, 1.165) is 11.1 Å². The summed E-state index contributed by atoms with van der Waals surface area (Å²) in [5.41, 5.74) is 3.20. The molecule has 0 atom stereocenters. The van der Waals surface area contributed by atoms with E-state index in [2.05, 4.69) is 21.3 Å². The highest BCUT2D eigenvalue weighted by molar-refractivity contribution is 5.56. The van der Waals surface area contributed by atoms with Crippen molar-refractivity contribution < 1.29 is 4.74 Å². The average molecular weight is 302 g/mol. The van der Waals surface area contributed by atoms with Crippen LogP contribution in [0.2, 0.25) is 0 Å². The number of hydrogen-bond acceptors (Lipinski definition) is 5. The summed E-state index contributed by atoms with van der Waals surface area (Å²) < 4.78 is 5.78. The molecule has 0 radical (unpaired) electrons. The topological polar surface area (TPSA) is 71.7 Å². The van der Waals surface area contributed by atoms with E-state index in [1.165, 1.54) is 0 Å². The number of ether oxygens (including phenoxy) is 1. The van der Waals surface area contributed by atoms with Crippen molar-refractivity contribution in [3.8, 4) is 29.1 Å². The Morgan fingerprint density at radius 3 is 2.48 bits per heavy atom. The molecule has 0 aliphatic carbocycles. The first-order valence-corrected chi connectivity index (χ1v) is 7.12. The van der Waals surface area contributed by atoms with Crippen LogP contribution in [0, 0.1) is 25.2 Å². The largest absolute Gasteiger partial charge is 0.437 e. The van der Waals surface area contributed by atoms with Gasteiger partial charge in [0, 0.05) is 5.56 Å². The third kappa shape index (κ3) is 3.33. The summed E-state index contributed by atoms with van der Waals surface area (Å²) in [4.78, 5) is 4.46. The van der Waals surface area contributed by atoms with Crippen molar-refractivity contribution >= 4 is 0 Å². The van der Waals surface area contributed by atoms with Crippen LogP contribution in [0.15, 0.2) is 48.5 Å². The molecule has 0 saturated carbocycles. The summed E-state index contributed by atoms with van der Waals surface area (Å²) >= 11 is 0. The molecule has 112 valence electrons. The van der Waals surface area contributed by atoms with Gasteiger partial charge in [-0.05, 0) is 44.2 Å². The molecule has 0 spiro atoms. The van der Waals surface area contributed by atoms with E-state index < -0.39 is 0 Å². The van der Waals surface area contributed by atoms with Crippen LogP contribution in [0.1, 0.15) is 16.8 Å². The molecular formula is C18H14N4O. The van der Waals surface area contributed by atoms with E-state index in [0.29, 0.717) is 28.7 Å². The zero-order valence-electron chi connectivity index (χ0n) is 12.8. The summed E-state index contributed by atoms with van der Waals surface area (Å²) in [6, 6.07) is 16.8. The zero-order valence-corrected chi connectivity index (χ0v) is 12.8.